The Labute approximate surface area is 171 Å². The zero-order valence-corrected chi connectivity index (χ0v) is 16.8. The summed E-state index contributed by atoms with van der Waals surface area (Å²) in [5.74, 6) is -0.596. The van der Waals surface area contributed by atoms with Gasteiger partial charge in [0.1, 0.15) is 5.82 Å². The van der Waals surface area contributed by atoms with Crippen molar-refractivity contribution in [1.82, 2.24) is 15.5 Å². The van der Waals surface area contributed by atoms with E-state index in [0.717, 1.165) is 25.9 Å². The highest BCUT2D eigenvalue weighted by Gasteiger charge is 2.31. The van der Waals surface area contributed by atoms with E-state index < -0.39 is 6.04 Å². The number of piperazine rings is 1. The molecule has 1 aliphatic heterocycles. The summed E-state index contributed by atoms with van der Waals surface area (Å²) < 4.78 is 13.6. The molecule has 0 saturated carbocycles. The molecule has 6 heteroatoms. The number of hydrogen-bond acceptors (Lipinski definition) is 3. The molecule has 2 aromatic rings. The minimum absolute atomic E-state index is 0.103. The summed E-state index contributed by atoms with van der Waals surface area (Å²) in [6, 6.07) is 14.7. The fourth-order valence-electron chi connectivity index (χ4n) is 3.58. The first-order valence-electron chi connectivity index (χ1n) is 10.1. The van der Waals surface area contributed by atoms with E-state index >= 15 is 0 Å². The van der Waals surface area contributed by atoms with Gasteiger partial charge in [-0.15, -0.1) is 0 Å². The SMILES string of the molecule is Cc1ccc(CNC(=O)CC2C(=O)NCCN2CCCc2ccccc2)cc1F. The summed E-state index contributed by atoms with van der Waals surface area (Å²) in [6.45, 7) is 4.06. The van der Waals surface area contributed by atoms with Gasteiger partial charge in [0, 0.05) is 19.6 Å². The molecule has 0 spiro atoms. The Bertz CT molecular complexity index is 841. The van der Waals surface area contributed by atoms with Crippen molar-refractivity contribution in [3.63, 3.8) is 0 Å². The molecule has 1 saturated heterocycles. The van der Waals surface area contributed by atoms with Crippen molar-refractivity contribution in [2.24, 2.45) is 0 Å². The van der Waals surface area contributed by atoms with E-state index in [9.17, 15) is 14.0 Å². The number of amides is 2. The van der Waals surface area contributed by atoms with Crippen LogP contribution < -0.4 is 10.6 Å². The van der Waals surface area contributed by atoms with E-state index in [2.05, 4.69) is 27.7 Å². The second-order valence-electron chi connectivity index (χ2n) is 7.50. The number of halogens is 1. The van der Waals surface area contributed by atoms with Crippen molar-refractivity contribution in [3.8, 4) is 0 Å². The van der Waals surface area contributed by atoms with E-state index in [1.54, 1.807) is 19.1 Å². The van der Waals surface area contributed by atoms with Crippen molar-refractivity contribution in [2.45, 2.75) is 38.8 Å². The van der Waals surface area contributed by atoms with Gasteiger partial charge in [0.05, 0.1) is 12.5 Å². The molecule has 2 aromatic carbocycles. The Balaban J connectivity index is 1.50. The summed E-state index contributed by atoms with van der Waals surface area (Å²) in [4.78, 5) is 26.8. The van der Waals surface area contributed by atoms with Gasteiger partial charge in [0.15, 0.2) is 0 Å². The first-order chi connectivity index (χ1) is 14.0. The van der Waals surface area contributed by atoms with Gasteiger partial charge in [-0.1, -0.05) is 42.5 Å². The quantitative estimate of drug-likeness (QED) is 0.720. The lowest BCUT2D eigenvalue weighted by molar-refractivity contribution is -0.134. The Morgan fingerprint density at radius 1 is 1.21 bits per heavy atom. The summed E-state index contributed by atoms with van der Waals surface area (Å²) in [6.07, 6.45) is 1.97. The van der Waals surface area contributed by atoms with E-state index in [4.69, 9.17) is 0 Å². The molecular formula is C23H28FN3O2. The smallest absolute Gasteiger partial charge is 0.237 e. The second kappa shape index (κ2) is 10.2. The summed E-state index contributed by atoms with van der Waals surface area (Å²) in [5, 5.41) is 5.66. The van der Waals surface area contributed by atoms with Crippen molar-refractivity contribution >= 4 is 11.8 Å². The molecule has 0 bridgehead atoms. The van der Waals surface area contributed by atoms with E-state index in [-0.39, 0.29) is 30.6 Å². The monoisotopic (exact) mass is 397 g/mol. The van der Waals surface area contributed by atoms with E-state index in [1.807, 2.05) is 18.2 Å². The summed E-state index contributed by atoms with van der Waals surface area (Å²) in [5.41, 5.74) is 2.55. The molecule has 2 amide bonds. The molecule has 29 heavy (non-hydrogen) atoms. The van der Waals surface area contributed by atoms with Crippen LogP contribution in [0.5, 0.6) is 0 Å². The van der Waals surface area contributed by atoms with Crippen molar-refractivity contribution < 1.29 is 14.0 Å². The average molecular weight is 397 g/mol. The molecule has 5 nitrogen and oxygen atoms in total. The zero-order chi connectivity index (χ0) is 20.6. The second-order valence-corrected chi connectivity index (χ2v) is 7.50. The van der Waals surface area contributed by atoms with Crippen LogP contribution in [-0.4, -0.2) is 42.4 Å². The lowest BCUT2D eigenvalue weighted by atomic mass is 10.1. The first kappa shape index (κ1) is 21.0. The predicted molar refractivity (Wildman–Crippen MR) is 111 cm³/mol. The highest BCUT2D eigenvalue weighted by atomic mass is 19.1. The topological polar surface area (TPSA) is 61.4 Å². The first-order valence-corrected chi connectivity index (χ1v) is 10.1. The van der Waals surface area contributed by atoms with E-state index in [0.29, 0.717) is 17.7 Å². The number of benzene rings is 2. The Hall–Kier alpha value is -2.73. The predicted octanol–water partition coefficient (Wildman–Crippen LogP) is 2.57. The van der Waals surface area contributed by atoms with Gasteiger partial charge >= 0.3 is 0 Å². The molecule has 1 aliphatic rings. The van der Waals surface area contributed by atoms with Gasteiger partial charge in [-0.3, -0.25) is 14.5 Å². The fraction of sp³-hybridized carbons (Fsp3) is 0.391. The highest BCUT2D eigenvalue weighted by Crippen LogP contribution is 2.13. The number of aryl methyl sites for hydroxylation is 2. The van der Waals surface area contributed by atoms with E-state index in [1.165, 1.54) is 11.6 Å². The van der Waals surface area contributed by atoms with Gasteiger partial charge in [-0.25, -0.2) is 4.39 Å². The molecule has 1 heterocycles. The van der Waals surface area contributed by atoms with Crippen LogP contribution in [-0.2, 0) is 22.6 Å². The number of nitrogens with zero attached hydrogens (tertiary/aromatic N) is 1. The van der Waals surface area contributed by atoms with Gasteiger partial charge in [0.2, 0.25) is 11.8 Å². The summed E-state index contributed by atoms with van der Waals surface area (Å²) >= 11 is 0. The van der Waals surface area contributed by atoms with Gasteiger partial charge in [-0.2, -0.15) is 0 Å². The van der Waals surface area contributed by atoms with Gasteiger partial charge < -0.3 is 10.6 Å². The molecule has 1 unspecified atom stereocenters. The summed E-state index contributed by atoms with van der Waals surface area (Å²) in [7, 11) is 0. The molecule has 3 rings (SSSR count). The van der Waals surface area contributed by atoms with Gasteiger partial charge in [-0.05, 0) is 49.1 Å². The normalized spacial score (nSPS) is 17.0. The fourth-order valence-corrected chi connectivity index (χ4v) is 3.58. The third kappa shape index (κ3) is 6.12. The molecule has 1 atom stereocenters. The maximum atomic E-state index is 13.6. The highest BCUT2D eigenvalue weighted by molar-refractivity contribution is 5.88. The van der Waals surface area contributed by atoms with Gasteiger partial charge in [0.25, 0.3) is 0 Å². The van der Waals surface area contributed by atoms with Crippen LogP contribution in [0.25, 0.3) is 0 Å². The molecule has 0 radical (unpaired) electrons. The molecular weight excluding hydrogens is 369 g/mol. The number of nitrogens with one attached hydrogen (secondary N) is 2. The lowest BCUT2D eigenvalue weighted by Gasteiger charge is -2.34. The minimum Gasteiger partial charge on any atom is -0.353 e. The third-order valence-corrected chi connectivity index (χ3v) is 5.30. The number of carbonyl (C=O) groups excluding carboxylic acids is 2. The van der Waals surface area contributed by atoms with Crippen LogP contribution in [0.15, 0.2) is 48.5 Å². The van der Waals surface area contributed by atoms with Crippen LogP contribution in [0.2, 0.25) is 0 Å². The number of rotatable bonds is 8. The zero-order valence-electron chi connectivity index (χ0n) is 16.8. The Kier molecular flexibility index (Phi) is 7.36. The minimum atomic E-state index is -0.464. The van der Waals surface area contributed by atoms with Crippen molar-refractivity contribution in [3.05, 3.63) is 71.0 Å². The number of hydrogen-bond donors (Lipinski definition) is 2. The van der Waals surface area contributed by atoms with Crippen LogP contribution in [0, 0.1) is 12.7 Å². The maximum absolute atomic E-state index is 13.6. The van der Waals surface area contributed by atoms with Crippen LogP contribution in [0.3, 0.4) is 0 Å². The number of carbonyl (C=O) groups is 2. The molecule has 2 N–H and O–H groups in total. The van der Waals surface area contributed by atoms with Crippen LogP contribution in [0.1, 0.15) is 29.5 Å². The van der Waals surface area contributed by atoms with Crippen LogP contribution in [0.4, 0.5) is 4.39 Å². The Morgan fingerprint density at radius 2 is 2.00 bits per heavy atom. The Morgan fingerprint density at radius 3 is 2.76 bits per heavy atom. The molecule has 0 aliphatic carbocycles. The average Bonchev–Trinajstić information content (AvgIpc) is 2.72. The van der Waals surface area contributed by atoms with Crippen LogP contribution >= 0.6 is 0 Å². The molecule has 1 fully saturated rings. The molecule has 0 aromatic heterocycles. The third-order valence-electron chi connectivity index (χ3n) is 5.30. The lowest BCUT2D eigenvalue weighted by Crippen LogP contribution is -2.56. The largest absolute Gasteiger partial charge is 0.353 e. The van der Waals surface area contributed by atoms with Crippen molar-refractivity contribution in [1.29, 1.82) is 0 Å². The van der Waals surface area contributed by atoms with Crippen molar-refractivity contribution in [2.75, 3.05) is 19.6 Å². The maximum Gasteiger partial charge on any atom is 0.237 e. The molecule has 154 valence electrons. The standard InChI is InChI=1S/C23H28FN3O2/c1-17-9-10-19(14-20(17)24)16-26-22(28)15-21-23(29)25-11-13-27(21)12-5-8-18-6-3-2-4-7-18/h2-4,6-7,9-10,14,21H,5,8,11-13,15-16H2,1H3,(H,25,29)(H,26,28).